The first-order valence-corrected chi connectivity index (χ1v) is 9.20. The van der Waals surface area contributed by atoms with Crippen molar-refractivity contribution < 1.29 is 18.4 Å². The fraction of sp³-hybridized carbons (Fsp3) is 0.400. The highest BCUT2D eigenvalue weighted by atomic mass is 35.5. The van der Waals surface area contributed by atoms with E-state index in [4.69, 9.17) is 23.2 Å². The molecule has 1 fully saturated rings. The van der Waals surface area contributed by atoms with E-state index in [0.29, 0.717) is 12.0 Å². The number of hydrogen-bond acceptors (Lipinski definition) is 2. The maximum Gasteiger partial charge on any atom is 0.257 e. The lowest BCUT2D eigenvalue weighted by Crippen LogP contribution is -2.50. The van der Waals surface area contributed by atoms with Crippen molar-refractivity contribution in [3.05, 3.63) is 58.7 Å². The molecule has 3 nitrogen and oxygen atoms in total. The van der Waals surface area contributed by atoms with Gasteiger partial charge in [-0.15, -0.1) is 23.2 Å². The maximum absolute atomic E-state index is 13.8. The number of rotatable bonds is 6. The first kappa shape index (κ1) is 21.6. The van der Waals surface area contributed by atoms with Gasteiger partial charge in [0.05, 0.1) is 5.54 Å². The molecule has 1 aromatic carbocycles. The van der Waals surface area contributed by atoms with Gasteiger partial charge in [0.1, 0.15) is 21.6 Å². The second kappa shape index (κ2) is 7.72. The normalized spacial score (nSPS) is 20.0. The molecule has 0 saturated heterocycles. The second-order valence-electron chi connectivity index (χ2n) is 7.09. The van der Waals surface area contributed by atoms with Crippen LogP contribution in [0, 0.1) is 0 Å². The van der Waals surface area contributed by atoms with Crippen molar-refractivity contribution in [2.75, 3.05) is 0 Å². The minimum absolute atomic E-state index is 0.0294. The van der Waals surface area contributed by atoms with Crippen molar-refractivity contribution in [2.24, 2.45) is 0 Å². The van der Waals surface area contributed by atoms with Crippen molar-refractivity contribution in [3.8, 4) is 0 Å². The monoisotopic (exact) mass is 415 g/mol. The summed E-state index contributed by atoms with van der Waals surface area (Å²) in [6.45, 7) is 5.28. The van der Waals surface area contributed by atoms with Crippen LogP contribution < -0.4 is 5.32 Å². The number of benzene rings is 1. The number of amides is 1. The Labute approximate surface area is 167 Å². The molecule has 1 aliphatic rings. The van der Waals surface area contributed by atoms with Gasteiger partial charge in [-0.3, -0.25) is 9.59 Å². The van der Waals surface area contributed by atoms with Gasteiger partial charge in [0.2, 0.25) is 0 Å². The summed E-state index contributed by atoms with van der Waals surface area (Å²) in [5, 5.41) is 2.40. The molecule has 1 atom stereocenters. The van der Waals surface area contributed by atoms with Crippen LogP contribution >= 0.6 is 23.2 Å². The van der Waals surface area contributed by atoms with Gasteiger partial charge in [0, 0.05) is 11.5 Å². The predicted molar refractivity (Wildman–Crippen MR) is 103 cm³/mol. The summed E-state index contributed by atoms with van der Waals surface area (Å²) >= 11 is 12.1. The first-order valence-electron chi connectivity index (χ1n) is 8.44. The molecular formula is C20H21Cl2F2NO2. The van der Waals surface area contributed by atoms with Crippen LogP contribution in [0.1, 0.15) is 56.0 Å². The molecule has 1 saturated carbocycles. The van der Waals surface area contributed by atoms with Crippen LogP contribution in [-0.2, 0) is 4.79 Å². The number of ketones is 1. The molecular weight excluding hydrogens is 395 g/mol. The summed E-state index contributed by atoms with van der Waals surface area (Å²) in [4.78, 5) is 25.1. The molecule has 7 heteroatoms. The van der Waals surface area contributed by atoms with E-state index >= 15 is 0 Å². The Balaban J connectivity index is 2.17. The summed E-state index contributed by atoms with van der Waals surface area (Å²) in [5.74, 6) is -3.31. The first-order chi connectivity index (χ1) is 12.4. The van der Waals surface area contributed by atoms with Crippen molar-refractivity contribution in [2.45, 2.75) is 49.9 Å². The molecule has 1 amide bonds. The average molecular weight is 416 g/mol. The topological polar surface area (TPSA) is 46.2 Å². The fourth-order valence-corrected chi connectivity index (χ4v) is 3.34. The Morgan fingerprint density at radius 1 is 1.22 bits per heavy atom. The fourth-order valence-electron chi connectivity index (χ4n) is 2.78. The van der Waals surface area contributed by atoms with E-state index in [2.05, 4.69) is 5.32 Å². The smallest absolute Gasteiger partial charge is 0.257 e. The van der Waals surface area contributed by atoms with Gasteiger partial charge in [0.25, 0.3) is 5.91 Å². The zero-order valence-corrected chi connectivity index (χ0v) is 17.0. The van der Waals surface area contributed by atoms with Crippen molar-refractivity contribution in [3.63, 3.8) is 0 Å². The Morgan fingerprint density at radius 3 is 2.15 bits per heavy atom. The average Bonchev–Trinajstić information content (AvgIpc) is 3.21. The highest BCUT2D eigenvalue weighted by Gasteiger charge is 2.52. The summed E-state index contributed by atoms with van der Waals surface area (Å²) in [6.07, 6.45) is 1.64. The predicted octanol–water partition coefficient (Wildman–Crippen LogP) is 5.54. The number of hydrogen-bond donors (Lipinski definition) is 1. The number of Topliss-reactive ketones (excluding diaryl/α,β-unsaturated/α-hetero) is 1. The number of halogens is 4. The van der Waals surface area contributed by atoms with Crippen molar-refractivity contribution >= 4 is 34.9 Å². The Hall–Kier alpha value is -1.72. The van der Waals surface area contributed by atoms with Crippen LogP contribution in [0.5, 0.6) is 0 Å². The highest BCUT2D eigenvalue weighted by molar-refractivity contribution is 6.51. The Kier molecular flexibility index (Phi) is 6.17. The SMILES string of the molecule is CC=C(F)C(C(=O)NC(C)(C)C(=O)c1ccc(C2CC2(Cl)Cl)cc1)=C(C)F. The van der Waals surface area contributed by atoms with E-state index in [-0.39, 0.29) is 5.92 Å². The zero-order valence-electron chi connectivity index (χ0n) is 15.5. The quantitative estimate of drug-likeness (QED) is 0.286. The Morgan fingerprint density at radius 2 is 1.74 bits per heavy atom. The molecule has 2 rings (SSSR count). The van der Waals surface area contributed by atoms with E-state index in [9.17, 15) is 18.4 Å². The molecule has 1 N–H and O–H groups in total. The summed E-state index contributed by atoms with van der Waals surface area (Å²) in [7, 11) is 0. The summed E-state index contributed by atoms with van der Waals surface area (Å²) in [5.41, 5.74) is -0.807. The third-order valence-electron chi connectivity index (χ3n) is 4.46. The van der Waals surface area contributed by atoms with Gasteiger partial charge in [-0.2, -0.15) is 0 Å². The maximum atomic E-state index is 13.8. The third-order valence-corrected chi connectivity index (χ3v) is 5.29. The molecule has 146 valence electrons. The molecule has 0 spiro atoms. The van der Waals surface area contributed by atoms with Gasteiger partial charge < -0.3 is 5.32 Å². The van der Waals surface area contributed by atoms with Crippen LogP contribution in [-0.4, -0.2) is 21.6 Å². The molecule has 0 bridgehead atoms. The van der Waals surface area contributed by atoms with Crippen LogP contribution in [0.2, 0.25) is 0 Å². The van der Waals surface area contributed by atoms with Gasteiger partial charge in [-0.05, 0) is 39.7 Å². The second-order valence-corrected chi connectivity index (χ2v) is 8.64. The van der Waals surface area contributed by atoms with Gasteiger partial charge in [-0.25, -0.2) is 8.78 Å². The molecule has 0 aromatic heterocycles. The molecule has 0 radical (unpaired) electrons. The van der Waals surface area contributed by atoms with Crippen LogP contribution in [0.4, 0.5) is 8.78 Å². The van der Waals surface area contributed by atoms with E-state index in [1.165, 1.54) is 20.8 Å². The lowest BCUT2D eigenvalue weighted by Gasteiger charge is -2.25. The zero-order chi connectivity index (χ0) is 20.6. The summed E-state index contributed by atoms with van der Waals surface area (Å²) < 4.78 is 26.6. The van der Waals surface area contributed by atoms with Gasteiger partial charge in [0.15, 0.2) is 5.78 Å². The minimum atomic E-state index is -1.37. The molecule has 1 unspecified atom stereocenters. The van der Waals surface area contributed by atoms with Gasteiger partial charge in [-0.1, -0.05) is 30.3 Å². The molecule has 1 aliphatic carbocycles. The van der Waals surface area contributed by atoms with Crippen molar-refractivity contribution in [1.82, 2.24) is 5.32 Å². The van der Waals surface area contributed by atoms with Gasteiger partial charge >= 0.3 is 0 Å². The number of carbonyl (C=O) groups is 2. The lowest BCUT2D eigenvalue weighted by atomic mass is 9.91. The number of alkyl halides is 2. The van der Waals surface area contributed by atoms with Crippen LogP contribution in [0.3, 0.4) is 0 Å². The third kappa shape index (κ3) is 4.77. The lowest BCUT2D eigenvalue weighted by molar-refractivity contribution is -0.118. The van der Waals surface area contributed by atoms with Crippen LogP contribution in [0.15, 0.2) is 47.6 Å². The van der Waals surface area contributed by atoms with Crippen LogP contribution in [0.25, 0.3) is 0 Å². The molecule has 0 aliphatic heterocycles. The molecule has 27 heavy (non-hydrogen) atoms. The largest absolute Gasteiger partial charge is 0.340 e. The van der Waals surface area contributed by atoms with E-state index in [1.54, 1.807) is 24.3 Å². The van der Waals surface area contributed by atoms with E-state index < -0.39 is 38.8 Å². The summed E-state index contributed by atoms with van der Waals surface area (Å²) in [6, 6.07) is 6.77. The minimum Gasteiger partial charge on any atom is -0.340 e. The standard InChI is InChI=1S/C20H21Cl2F2NO2/c1-5-15(24)16(11(2)23)18(27)25-19(3,4)17(26)13-8-6-12(7-9-13)14-10-20(14,21)22/h5-9,14H,10H2,1-4H3,(H,25,27). The Bertz CT molecular complexity index is 823. The number of nitrogens with one attached hydrogen (secondary N) is 1. The van der Waals surface area contributed by atoms with E-state index in [1.807, 2.05) is 0 Å². The van der Waals surface area contributed by atoms with Crippen molar-refractivity contribution in [1.29, 1.82) is 0 Å². The molecule has 1 aromatic rings. The number of carbonyl (C=O) groups excluding carboxylic acids is 2. The number of allylic oxidation sites excluding steroid dienone is 2. The highest BCUT2D eigenvalue weighted by Crippen LogP contribution is 2.59. The molecule has 0 heterocycles. The van der Waals surface area contributed by atoms with E-state index in [0.717, 1.165) is 18.6 Å².